The van der Waals surface area contributed by atoms with Crippen molar-refractivity contribution in [3.8, 4) is 5.75 Å². The summed E-state index contributed by atoms with van der Waals surface area (Å²) in [6, 6.07) is 5.52. The number of nitrogens with one attached hydrogen (secondary N) is 1. The van der Waals surface area contributed by atoms with Gasteiger partial charge in [-0.1, -0.05) is 12.1 Å². The fourth-order valence-electron chi connectivity index (χ4n) is 2.33. The number of benzene rings is 1. The first-order valence-electron chi connectivity index (χ1n) is 7.88. The summed E-state index contributed by atoms with van der Waals surface area (Å²) >= 11 is 0. The predicted octanol–water partition coefficient (Wildman–Crippen LogP) is 1.80. The quantitative estimate of drug-likeness (QED) is 0.797. The van der Waals surface area contributed by atoms with Crippen molar-refractivity contribution in [1.29, 1.82) is 0 Å². The molecular weight excluding hydrogens is 308 g/mol. The van der Waals surface area contributed by atoms with Gasteiger partial charge in [-0.15, -0.1) is 10.2 Å². The van der Waals surface area contributed by atoms with Gasteiger partial charge in [0.2, 0.25) is 0 Å². The fraction of sp³-hybridized carbons (Fsp3) is 0.471. The van der Waals surface area contributed by atoms with Crippen molar-refractivity contribution in [1.82, 2.24) is 20.1 Å². The summed E-state index contributed by atoms with van der Waals surface area (Å²) in [6.07, 6.45) is 1.63. The molecule has 2 aromatic rings. The molecule has 0 saturated carbocycles. The van der Waals surface area contributed by atoms with Crippen LogP contribution in [-0.2, 0) is 16.1 Å². The van der Waals surface area contributed by atoms with E-state index in [2.05, 4.69) is 15.5 Å². The van der Waals surface area contributed by atoms with E-state index >= 15 is 0 Å². The number of nitrogens with zero attached hydrogens (tertiary/aromatic N) is 3. The Hall–Kier alpha value is -2.41. The molecule has 0 spiro atoms. The fourth-order valence-corrected chi connectivity index (χ4v) is 2.33. The van der Waals surface area contributed by atoms with Crippen LogP contribution in [0.4, 0.5) is 0 Å². The van der Waals surface area contributed by atoms with Crippen molar-refractivity contribution in [2.24, 2.45) is 0 Å². The molecule has 0 unspecified atom stereocenters. The molecule has 1 N–H and O–H groups in total. The third kappa shape index (κ3) is 4.55. The minimum atomic E-state index is -0.265. The molecule has 1 heterocycles. The number of hydrogen-bond acceptors (Lipinski definition) is 5. The number of aryl methyl sites for hydroxylation is 1. The van der Waals surface area contributed by atoms with Gasteiger partial charge in [0.1, 0.15) is 12.1 Å². The number of methoxy groups -OCH3 is 1. The summed E-state index contributed by atoms with van der Waals surface area (Å²) in [4.78, 5) is 12.1. The molecule has 130 valence electrons. The van der Waals surface area contributed by atoms with E-state index < -0.39 is 0 Å². The van der Waals surface area contributed by atoms with Crippen LogP contribution in [0, 0.1) is 13.8 Å². The summed E-state index contributed by atoms with van der Waals surface area (Å²) in [5.41, 5.74) is 2.17. The molecule has 24 heavy (non-hydrogen) atoms. The van der Waals surface area contributed by atoms with Gasteiger partial charge in [0.15, 0.2) is 12.4 Å². The molecule has 1 atom stereocenters. The number of amides is 1. The van der Waals surface area contributed by atoms with E-state index in [1.54, 1.807) is 13.4 Å². The van der Waals surface area contributed by atoms with Crippen LogP contribution in [0.2, 0.25) is 0 Å². The normalized spacial score (nSPS) is 12.0. The molecule has 0 aliphatic carbocycles. The maximum atomic E-state index is 12.1. The molecule has 1 aromatic heterocycles. The molecule has 0 bridgehead atoms. The third-order valence-electron chi connectivity index (χ3n) is 3.86. The SMILES string of the molecule is COCCn1cnnc1[C@H](C)NC(=O)COc1cccc(C)c1C. The number of carbonyl (C=O) groups excluding carboxylic acids is 1. The molecule has 0 fully saturated rings. The van der Waals surface area contributed by atoms with Gasteiger partial charge >= 0.3 is 0 Å². The summed E-state index contributed by atoms with van der Waals surface area (Å²) < 4.78 is 12.5. The lowest BCUT2D eigenvalue weighted by molar-refractivity contribution is -0.123. The molecule has 0 aliphatic rings. The summed E-state index contributed by atoms with van der Waals surface area (Å²) in [5, 5.41) is 10.8. The van der Waals surface area contributed by atoms with Gasteiger partial charge in [0.05, 0.1) is 12.6 Å². The first kappa shape index (κ1) is 17.9. The number of carbonyl (C=O) groups is 1. The predicted molar refractivity (Wildman–Crippen MR) is 89.9 cm³/mol. The summed E-state index contributed by atoms with van der Waals surface area (Å²) in [7, 11) is 1.64. The van der Waals surface area contributed by atoms with Crippen LogP contribution in [-0.4, -0.2) is 41.0 Å². The van der Waals surface area contributed by atoms with Crippen molar-refractivity contribution in [3.05, 3.63) is 41.5 Å². The average Bonchev–Trinajstić information content (AvgIpc) is 3.03. The monoisotopic (exact) mass is 332 g/mol. The largest absolute Gasteiger partial charge is 0.483 e. The van der Waals surface area contributed by atoms with Crippen LogP contribution in [0.25, 0.3) is 0 Å². The minimum absolute atomic E-state index is 0.0408. The van der Waals surface area contributed by atoms with Gasteiger partial charge in [0.25, 0.3) is 5.91 Å². The lowest BCUT2D eigenvalue weighted by atomic mass is 10.1. The second-order valence-corrected chi connectivity index (χ2v) is 5.65. The lowest BCUT2D eigenvalue weighted by Gasteiger charge is -2.15. The highest BCUT2D eigenvalue weighted by Crippen LogP contribution is 2.20. The Labute approximate surface area is 142 Å². The number of ether oxygens (including phenoxy) is 2. The van der Waals surface area contributed by atoms with Crippen molar-refractivity contribution in [2.45, 2.75) is 33.4 Å². The van der Waals surface area contributed by atoms with E-state index in [0.29, 0.717) is 19.0 Å². The zero-order valence-electron chi connectivity index (χ0n) is 14.6. The molecule has 7 heteroatoms. The maximum Gasteiger partial charge on any atom is 0.258 e. The van der Waals surface area contributed by atoms with Crippen molar-refractivity contribution in [2.75, 3.05) is 20.3 Å². The molecule has 1 aromatic carbocycles. The van der Waals surface area contributed by atoms with E-state index in [1.165, 1.54) is 0 Å². The van der Waals surface area contributed by atoms with E-state index in [0.717, 1.165) is 16.9 Å². The Bertz CT molecular complexity index is 684. The van der Waals surface area contributed by atoms with Crippen LogP contribution in [0.1, 0.15) is 29.9 Å². The van der Waals surface area contributed by atoms with Crippen LogP contribution in [0.3, 0.4) is 0 Å². The van der Waals surface area contributed by atoms with Gasteiger partial charge in [0, 0.05) is 13.7 Å². The van der Waals surface area contributed by atoms with E-state index in [1.807, 2.05) is 43.5 Å². The smallest absolute Gasteiger partial charge is 0.258 e. The summed E-state index contributed by atoms with van der Waals surface area (Å²) in [6.45, 7) is 7.00. The highest BCUT2D eigenvalue weighted by molar-refractivity contribution is 5.77. The van der Waals surface area contributed by atoms with Gasteiger partial charge in [-0.3, -0.25) is 4.79 Å². The Morgan fingerprint density at radius 2 is 2.17 bits per heavy atom. The van der Waals surface area contributed by atoms with Crippen molar-refractivity contribution in [3.63, 3.8) is 0 Å². The first-order valence-corrected chi connectivity index (χ1v) is 7.88. The van der Waals surface area contributed by atoms with Gasteiger partial charge in [-0.2, -0.15) is 0 Å². The lowest BCUT2D eigenvalue weighted by Crippen LogP contribution is -2.33. The highest BCUT2D eigenvalue weighted by atomic mass is 16.5. The van der Waals surface area contributed by atoms with E-state index in [9.17, 15) is 4.79 Å². The topological polar surface area (TPSA) is 78.3 Å². The average molecular weight is 332 g/mol. The van der Waals surface area contributed by atoms with Crippen LogP contribution < -0.4 is 10.1 Å². The second kappa shape index (κ2) is 8.44. The molecule has 1 amide bonds. The third-order valence-corrected chi connectivity index (χ3v) is 3.86. The van der Waals surface area contributed by atoms with Gasteiger partial charge in [-0.25, -0.2) is 0 Å². The minimum Gasteiger partial charge on any atom is -0.483 e. The van der Waals surface area contributed by atoms with Gasteiger partial charge in [-0.05, 0) is 38.0 Å². The highest BCUT2D eigenvalue weighted by Gasteiger charge is 2.16. The Morgan fingerprint density at radius 3 is 2.92 bits per heavy atom. The molecule has 0 saturated heterocycles. The van der Waals surface area contributed by atoms with Crippen LogP contribution in [0.15, 0.2) is 24.5 Å². The number of rotatable bonds is 8. The van der Waals surface area contributed by atoms with Crippen molar-refractivity contribution < 1.29 is 14.3 Å². The van der Waals surface area contributed by atoms with Gasteiger partial charge < -0.3 is 19.4 Å². The molecule has 0 radical (unpaired) electrons. The van der Waals surface area contributed by atoms with E-state index in [-0.39, 0.29) is 18.6 Å². The Balaban J connectivity index is 1.90. The standard InChI is InChI=1S/C17H24N4O3/c1-12-6-5-7-15(13(12)2)24-10-16(22)19-14(3)17-20-18-11-21(17)8-9-23-4/h5-7,11,14H,8-10H2,1-4H3,(H,19,22)/t14-/m0/s1. The zero-order valence-corrected chi connectivity index (χ0v) is 14.6. The zero-order chi connectivity index (χ0) is 17.5. The maximum absolute atomic E-state index is 12.1. The summed E-state index contributed by atoms with van der Waals surface area (Å²) in [5.74, 6) is 1.21. The number of hydrogen-bond donors (Lipinski definition) is 1. The van der Waals surface area contributed by atoms with Crippen LogP contribution >= 0.6 is 0 Å². The molecular formula is C17H24N4O3. The molecule has 7 nitrogen and oxygen atoms in total. The van der Waals surface area contributed by atoms with Crippen LogP contribution in [0.5, 0.6) is 5.75 Å². The first-order chi connectivity index (χ1) is 11.5. The Kier molecular flexibility index (Phi) is 6.31. The number of aromatic nitrogens is 3. The molecule has 0 aliphatic heterocycles. The van der Waals surface area contributed by atoms with E-state index in [4.69, 9.17) is 9.47 Å². The van der Waals surface area contributed by atoms with Crippen molar-refractivity contribution >= 4 is 5.91 Å². The Morgan fingerprint density at radius 1 is 1.38 bits per heavy atom. The molecule has 2 rings (SSSR count). The second-order valence-electron chi connectivity index (χ2n) is 5.65.